The fourth-order valence-electron chi connectivity index (χ4n) is 1.15. The lowest BCUT2D eigenvalue weighted by Crippen LogP contribution is -2.35. The van der Waals surface area contributed by atoms with Gasteiger partial charge in [-0.2, -0.15) is 0 Å². The second kappa shape index (κ2) is 8.23. The van der Waals surface area contributed by atoms with Gasteiger partial charge in [-0.15, -0.1) is 0 Å². The van der Waals surface area contributed by atoms with Gasteiger partial charge in [0.25, 0.3) is 0 Å². The first-order valence-electron chi connectivity index (χ1n) is 5.32. The summed E-state index contributed by atoms with van der Waals surface area (Å²) in [4.78, 5) is 21.5. The highest BCUT2D eigenvalue weighted by atomic mass is 16.3. The number of carbonyl (C=O) groups is 2. The van der Waals surface area contributed by atoms with Crippen molar-refractivity contribution < 1.29 is 14.7 Å². The molecular weight excluding hydrogens is 196 g/mol. The highest BCUT2D eigenvalue weighted by molar-refractivity contribution is 5.82. The van der Waals surface area contributed by atoms with E-state index in [4.69, 9.17) is 5.73 Å². The van der Waals surface area contributed by atoms with Crippen molar-refractivity contribution >= 4 is 11.8 Å². The van der Waals surface area contributed by atoms with Gasteiger partial charge >= 0.3 is 0 Å². The maximum atomic E-state index is 11.1. The number of amides is 2. The number of primary amides is 1. The van der Waals surface area contributed by atoms with E-state index in [-0.39, 0.29) is 18.7 Å². The first-order valence-corrected chi connectivity index (χ1v) is 5.32. The third-order valence-corrected chi connectivity index (χ3v) is 2.01. The third kappa shape index (κ3) is 9.21. The maximum absolute atomic E-state index is 11.1. The molecule has 0 radical (unpaired) electrons. The van der Waals surface area contributed by atoms with E-state index < -0.39 is 12.1 Å². The molecule has 88 valence electrons. The summed E-state index contributed by atoms with van der Waals surface area (Å²) in [6, 6.07) is 0. The minimum Gasteiger partial charge on any atom is -0.374 e. The zero-order chi connectivity index (χ0) is 11.7. The quantitative estimate of drug-likeness (QED) is 0.401. The van der Waals surface area contributed by atoms with Gasteiger partial charge in [0.2, 0.25) is 11.8 Å². The van der Waals surface area contributed by atoms with Crippen LogP contribution in [0, 0.1) is 0 Å². The van der Waals surface area contributed by atoms with E-state index in [2.05, 4.69) is 12.2 Å². The molecule has 0 aliphatic carbocycles. The normalized spacial score (nSPS) is 12.1. The number of rotatable bonds is 8. The molecule has 0 saturated carbocycles. The Balaban J connectivity index is 3.53. The molecule has 1 atom stereocenters. The SMILES string of the molecule is CCCCCC(O)NC(=O)CCC(N)=O. The van der Waals surface area contributed by atoms with Gasteiger partial charge in [-0.3, -0.25) is 9.59 Å². The molecule has 0 aromatic heterocycles. The van der Waals surface area contributed by atoms with Gasteiger partial charge in [0, 0.05) is 12.8 Å². The van der Waals surface area contributed by atoms with Gasteiger partial charge in [0.1, 0.15) is 6.23 Å². The van der Waals surface area contributed by atoms with E-state index in [1.807, 2.05) is 0 Å². The van der Waals surface area contributed by atoms with Crippen LogP contribution in [0.15, 0.2) is 0 Å². The number of carbonyl (C=O) groups excluding carboxylic acids is 2. The van der Waals surface area contributed by atoms with Crippen LogP contribution in [0.3, 0.4) is 0 Å². The van der Waals surface area contributed by atoms with Crippen molar-refractivity contribution in [3.8, 4) is 0 Å². The van der Waals surface area contributed by atoms with Crippen LogP contribution in [0.4, 0.5) is 0 Å². The van der Waals surface area contributed by atoms with E-state index in [0.717, 1.165) is 19.3 Å². The standard InChI is InChI=1S/C10H20N2O3/c1-2-3-4-5-9(14)12-10(15)7-6-8(11)13/h9,14H,2-7H2,1H3,(H2,11,13)(H,12,15). The number of hydrogen-bond acceptors (Lipinski definition) is 3. The molecule has 0 bridgehead atoms. The van der Waals surface area contributed by atoms with Gasteiger partial charge in [-0.1, -0.05) is 19.8 Å². The van der Waals surface area contributed by atoms with Gasteiger partial charge in [0.05, 0.1) is 0 Å². The number of aliphatic hydroxyl groups excluding tert-OH is 1. The molecule has 4 N–H and O–H groups in total. The summed E-state index contributed by atoms with van der Waals surface area (Å²) in [5.74, 6) is -0.844. The molecule has 0 spiro atoms. The van der Waals surface area contributed by atoms with E-state index in [1.165, 1.54) is 0 Å². The Morgan fingerprint density at radius 3 is 2.53 bits per heavy atom. The number of nitrogens with one attached hydrogen (secondary N) is 1. The largest absolute Gasteiger partial charge is 0.374 e. The van der Waals surface area contributed by atoms with Gasteiger partial charge < -0.3 is 16.2 Å². The topological polar surface area (TPSA) is 92.4 Å². The van der Waals surface area contributed by atoms with Crippen molar-refractivity contribution in [3.05, 3.63) is 0 Å². The molecule has 0 fully saturated rings. The first-order chi connectivity index (χ1) is 7.06. The minimum atomic E-state index is -0.808. The Morgan fingerprint density at radius 2 is 2.00 bits per heavy atom. The smallest absolute Gasteiger partial charge is 0.222 e. The molecule has 15 heavy (non-hydrogen) atoms. The van der Waals surface area contributed by atoms with E-state index in [9.17, 15) is 14.7 Å². The molecule has 5 nitrogen and oxygen atoms in total. The second-order valence-electron chi connectivity index (χ2n) is 3.55. The fourth-order valence-corrected chi connectivity index (χ4v) is 1.15. The summed E-state index contributed by atoms with van der Waals surface area (Å²) >= 11 is 0. The lowest BCUT2D eigenvalue weighted by atomic mass is 10.2. The van der Waals surface area contributed by atoms with Crippen molar-refractivity contribution in [2.24, 2.45) is 5.73 Å². The third-order valence-electron chi connectivity index (χ3n) is 2.01. The molecule has 0 rings (SSSR count). The van der Waals surface area contributed by atoms with Crippen LogP contribution in [0.2, 0.25) is 0 Å². The molecule has 0 aromatic rings. The Labute approximate surface area is 90.0 Å². The number of hydrogen-bond donors (Lipinski definition) is 3. The van der Waals surface area contributed by atoms with Gasteiger partial charge in [0.15, 0.2) is 0 Å². The molecule has 5 heteroatoms. The van der Waals surface area contributed by atoms with E-state index in [0.29, 0.717) is 6.42 Å². The van der Waals surface area contributed by atoms with Crippen LogP contribution in [0.5, 0.6) is 0 Å². The summed E-state index contributed by atoms with van der Waals surface area (Å²) in [6.45, 7) is 2.07. The first kappa shape index (κ1) is 13.9. The van der Waals surface area contributed by atoms with Crippen LogP contribution in [0.1, 0.15) is 45.4 Å². The predicted octanol–water partition coefficient (Wildman–Crippen LogP) is 0.267. The highest BCUT2D eigenvalue weighted by Crippen LogP contribution is 2.01. The van der Waals surface area contributed by atoms with E-state index >= 15 is 0 Å². The zero-order valence-corrected chi connectivity index (χ0v) is 9.16. The van der Waals surface area contributed by atoms with Crippen molar-refractivity contribution in [3.63, 3.8) is 0 Å². The number of unbranched alkanes of at least 4 members (excludes halogenated alkanes) is 2. The predicted molar refractivity (Wildman–Crippen MR) is 56.7 cm³/mol. The molecule has 0 heterocycles. The van der Waals surface area contributed by atoms with Gasteiger partial charge in [-0.05, 0) is 12.8 Å². The van der Waals surface area contributed by atoms with Crippen molar-refractivity contribution in [1.82, 2.24) is 5.32 Å². The number of nitrogens with two attached hydrogens (primary N) is 1. The Bertz CT molecular complexity index is 207. The Kier molecular flexibility index (Phi) is 7.62. The van der Waals surface area contributed by atoms with Crippen molar-refractivity contribution in [2.75, 3.05) is 0 Å². The number of aliphatic hydroxyl groups is 1. The summed E-state index contributed by atoms with van der Waals surface area (Å²) in [7, 11) is 0. The summed E-state index contributed by atoms with van der Waals surface area (Å²) in [5.41, 5.74) is 4.89. The average Bonchev–Trinajstić information content (AvgIpc) is 2.15. The Hall–Kier alpha value is -1.10. The lowest BCUT2D eigenvalue weighted by molar-refractivity contribution is -0.127. The Morgan fingerprint density at radius 1 is 1.33 bits per heavy atom. The molecule has 0 aliphatic heterocycles. The average molecular weight is 216 g/mol. The molecule has 0 aromatic carbocycles. The molecule has 2 amide bonds. The monoisotopic (exact) mass is 216 g/mol. The van der Waals surface area contributed by atoms with Crippen LogP contribution >= 0.6 is 0 Å². The zero-order valence-electron chi connectivity index (χ0n) is 9.16. The molecule has 0 saturated heterocycles. The van der Waals surface area contributed by atoms with Crippen LogP contribution < -0.4 is 11.1 Å². The minimum absolute atomic E-state index is 0.0213. The van der Waals surface area contributed by atoms with Crippen molar-refractivity contribution in [1.29, 1.82) is 0 Å². The second-order valence-corrected chi connectivity index (χ2v) is 3.55. The molecular formula is C10H20N2O3. The van der Waals surface area contributed by atoms with Crippen LogP contribution in [0.25, 0.3) is 0 Å². The van der Waals surface area contributed by atoms with Crippen LogP contribution in [-0.4, -0.2) is 23.1 Å². The van der Waals surface area contributed by atoms with Crippen molar-refractivity contribution in [2.45, 2.75) is 51.7 Å². The summed E-state index contributed by atoms with van der Waals surface area (Å²) in [6.07, 6.45) is 2.80. The van der Waals surface area contributed by atoms with Crippen LogP contribution in [-0.2, 0) is 9.59 Å². The summed E-state index contributed by atoms with van der Waals surface area (Å²) < 4.78 is 0. The highest BCUT2D eigenvalue weighted by Gasteiger charge is 2.09. The van der Waals surface area contributed by atoms with E-state index in [1.54, 1.807) is 0 Å². The van der Waals surface area contributed by atoms with Gasteiger partial charge in [-0.25, -0.2) is 0 Å². The lowest BCUT2D eigenvalue weighted by Gasteiger charge is -2.11. The molecule has 0 aliphatic rings. The molecule has 1 unspecified atom stereocenters. The fraction of sp³-hybridized carbons (Fsp3) is 0.800. The maximum Gasteiger partial charge on any atom is 0.222 e. The summed E-state index contributed by atoms with van der Waals surface area (Å²) in [5, 5.41) is 11.8.